The summed E-state index contributed by atoms with van der Waals surface area (Å²) in [5.74, 6) is -0.583. The van der Waals surface area contributed by atoms with Crippen LogP contribution in [-0.4, -0.2) is 22.6 Å². The Bertz CT molecular complexity index is 627. The van der Waals surface area contributed by atoms with Gasteiger partial charge in [0.15, 0.2) is 17.4 Å². The average molecular weight is 292 g/mol. The van der Waals surface area contributed by atoms with Gasteiger partial charge in [0, 0.05) is 18.8 Å². The summed E-state index contributed by atoms with van der Waals surface area (Å²) in [5, 5.41) is 9.14. The van der Waals surface area contributed by atoms with Gasteiger partial charge in [-0.25, -0.2) is 9.37 Å². The smallest absolute Gasteiger partial charge is 0.254 e. The minimum atomic E-state index is -0.655. The van der Waals surface area contributed by atoms with Crippen molar-refractivity contribution in [2.75, 3.05) is 11.9 Å². The lowest BCUT2D eigenvalue weighted by molar-refractivity contribution is 0.0943. The molecule has 0 radical (unpaired) electrons. The fraction of sp³-hybridized carbons (Fsp3) is 0.357. The zero-order valence-electron chi connectivity index (χ0n) is 11.9. The van der Waals surface area contributed by atoms with Crippen molar-refractivity contribution in [3.05, 3.63) is 41.2 Å². The number of rotatable bonds is 6. The van der Waals surface area contributed by atoms with Crippen LogP contribution in [0.1, 0.15) is 35.2 Å². The third kappa shape index (κ3) is 3.77. The van der Waals surface area contributed by atoms with E-state index in [1.54, 1.807) is 13.0 Å². The Balaban J connectivity index is 2.04. The van der Waals surface area contributed by atoms with Gasteiger partial charge in [0.2, 0.25) is 0 Å². The second kappa shape index (κ2) is 6.83. The summed E-state index contributed by atoms with van der Waals surface area (Å²) in [6.45, 7) is 4.48. The standard InChI is InChI=1S/C14H17FN4O2/c1-3-5-16-13-12(15)11(4-6-17-13)14(20)18-8-10-7-9(2)19-21-10/h4,6-7H,3,5,8H2,1-2H3,(H,16,17)(H,18,20). The van der Waals surface area contributed by atoms with Crippen molar-refractivity contribution in [1.29, 1.82) is 0 Å². The van der Waals surface area contributed by atoms with Crippen LogP contribution < -0.4 is 10.6 Å². The van der Waals surface area contributed by atoms with Crippen molar-refractivity contribution in [3.63, 3.8) is 0 Å². The van der Waals surface area contributed by atoms with Gasteiger partial charge in [-0.3, -0.25) is 4.79 Å². The number of nitrogens with zero attached hydrogens (tertiary/aromatic N) is 2. The van der Waals surface area contributed by atoms with Crippen LogP contribution in [0, 0.1) is 12.7 Å². The van der Waals surface area contributed by atoms with E-state index in [1.165, 1.54) is 12.3 Å². The SMILES string of the molecule is CCCNc1nccc(C(=O)NCc2cc(C)no2)c1F. The predicted molar refractivity (Wildman–Crippen MR) is 75.4 cm³/mol. The van der Waals surface area contributed by atoms with Gasteiger partial charge in [-0.2, -0.15) is 0 Å². The van der Waals surface area contributed by atoms with Crippen molar-refractivity contribution >= 4 is 11.7 Å². The molecule has 1 amide bonds. The Hall–Kier alpha value is -2.44. The molecule has 0 fully saturated rings. The van der Waals surface area contributed by atoms with Crippen molar-refractivity contribution in [3.8, 4) is 0 Å². The molecule has 2 aromatic rings. The third-order valence-electron chi connectivity index (χ3n) is 2.78. The quantitative estimate of drug-likeness (QED) is 0.853. The number of halogens is 1. The molecular formula is C14H17FN4O2. The molecule has 2 rings (SSSR count). The van der Waals surface area contributed by atoms with Crippen molar-refractivity contribution in [1.82, 2.24) is 15.5 Å². The van der Waals surface area contributed by atoms with E-state index >= 15 is 0 Å². The van der Waals surface area contributed by atoms with Gasteiger partial charge >= 0.3 is 0 Å². The number of hydrogen-bond donors (Lipinski definition) is 2. The van der Waals surface area contributed by atoms with Crippen molar-refractivity contribution in [2.45, 2.75) is 26.8 Å². The maximum atomic E-state index is 14.2. The van der Waals surface area contributed by atoms with Crippen LogP contribution in [0.3, 0.4) is 0 Å². The Morgan fingerprint density at radius 1 is 1.48 bits per heavy atom. The Morgan fingerprint density at radius 3 is 2.95 bits per heavy atom. The summed E-state index contributed by atoms with van der Waals surface area (Å²) >= 11 is 0. The molecule has 2 N–H and O–H groups in total. The Labute approximate surface area is 121 Å². The van der Waals surface area contributed by atoms with Crippen LogP contribution in [-0.2, 0) is 6.54 Å². The highest BCUT2D eigenvalue weighted by molar-refractivity contribution is 5.95. The first-order valence-corrected chi connectivity index (χ1v) is 6.70. The molecule has 0 atom stereocenters. The number of nitrogens with one attached hydrogen (secondary N) is 2. The van der Waals surface area contributed by atoms with Gasteiger partial charge in [-0.1, -0.05) is 12.1 Å². The zero-order chi connectivity index (χ0) is 15.2. The van der Waals surface area contributed by atoms with E-state index in [2.05, 4.69) is 20.8 Å². The topological polar surface area (TPSA) is 80.0 Å². The third-order valence-corrected chi connectivity index (χ3v) is 2.78. The zero-order valence-corrected chi connectivity index (χ0v) is 11.9. The van der Waals surface area contributed by atoms with Crippen LogP contribution in [0.2, 0.25) is 0 Å². The first-order chi connectivity index (χ1) is 10.1. The molecule has 2 aromatic heterocycles. The molecule has 0 aliphatic rings. The summed E-state index contributed by atoms with van der Waals surface area (Å²) in [5.41, 5.74) is 0.667. The monoisotopic (exact) mass is 292 g/mol. The van der Waals surface area contributed by atoms with E-state index in [1.807, 2.05) is 6.92 Å². The number of pyridine rings is 1. The van der Waals surface area contributed by atoms with Gasteiger partial charge in [-0.05, 0) is 19.4 Å². The van der Waals surface area contributed by atoms with E-state index in [4.69, 9.17) is 4.52 Å². The average Bonchev–Trinajstić information content (AvgIpc) is 2.89. The van der Waals surface area contributed by atoms with Gasteiger partial charge in [0.05, 0.1) is 17.8 Å². The lowest BCUT2D eigenvalue weighted by Gasteiger charge is -2.08. The number of aryl methyl sites for hydroxylation is 1. The second-order valence-electron chi connectivity index (χ2n) is 4.57. The van der Waals surface area contributed by atoms with E-state index in [-0.39, 0.29) is 17.9 Å². The van der Waals surface area contributed by atoms with E-state index in [9.17, 15) is 9.18 Å². The molecule has 0 spiro atoms. The molecule has 0 bridgehead atoms. The number of carbonyl (C=O) groups excluding carboxylic acids is 1. The lowest BCUT2D eigenvalue weighted by Crippen LogP contribution is -2.24. The summed E-state index contributed by atoms with van der Waals surface area (Å²) in [7, 11) is 0. The molecule has 0 saturated carbocycles. The number of anilines is 1. The largest absolute Gasteiger partial charge is 0.368 e. The van der Waals surface area contributed by atoms with Gasteiger partial charge < -0.3 is 15.2 Å². The fourth-order valence-electron chi connectivity index (χ4n) is 1.75. The normalized spacial score (nSPS) is 10.4. The molecule has 7 heteroatoms. The maximum absolute atomic E-state index is 14.2. The lowest BCUT2D eigenvalue weighted by atomic mass is 10.2. The number of aromatic nitrogens is 2. The first kappa shape index (κ1) is 15.0. The molecule has 112 valence electrons. The molecule has 0 aromatic carbocycles. The molecule has 21 heavy (non-hydrogen) atoms. The maximum Gasteiger partial charge on any atom is 0.254 e. The van der Waals surface area contributed by atoms with E-state index in [0.29, 0.717) is 12.3 Å². The van der Waals surface area contributed by atoms with Crippen LogP contribution in [0.25, 0.3) is 0 Å². The molecule has 0 aliphatic heterocycles. The predicted octanol–water partition coefficient (Wildman–Crippen LogP) is 2.27. The van der Waals surface area contributed by atoms with Gasteiger partial charge in [-0.15, -0.1) is 0 Å². The van der Waals surface area contributed by atoms with Crippen LogP contribution in [0.4, 0.5) is 10.2 Å². The second-order valence-corrected chi connectivity index (χ2v) is 4.57. The van der Waals surface area contributed by atoms with E-state index < -0.39 is 11.7 Å². The number of amides is 1. The minimum absolute atomic E-state index is 0.0557. The molecule has 6 nitrogen and oxygen atoms in total. The van der Waals surface area contributed by atoms with Crippen LogP contribution in [0.15, 0.2) is 22.9 Å². The highest BCUT2D eigenvalue weighted by Gasteiger charge is 2.16. The molecule has 0 unspecified atom stereocenters. The van der Waals surface area contributed by atoms with Crippen molar-refractivity contribution in [2.24, 2.45) is 0 Å². The van der Waals surface area contributed by atoms with Crippen LogP contribution in [0.5, 0.6) is 0 Å². The Morgan fingerprint density at radius 2 is 2.29 bits per heavy atom. The minimum Gasteiger partial charge on any atom is -0.368 e. The summed E-state index contributed by atoms with van der Waals surface area (Å²) in [6.07, 6.45) is 2.23. The van der Waals surface area contributed by atoms with Crippen LogP contribution >= 0.6 is 0 Å². The fourth-order valence-corrected chi connectivity index (χ4v) is 1.75. The number of carbonyl (C=O) groups is 1. The molecular weight excluding hydrogens is 275 g/mol. The molecule has 0 aliphatic carbocycles. The summed E-state index contributed by atoms with van der Waals surface area (Å²) in [4.78, 5) is 15.9. The molecule has 2 heterocycles. The van der Waals surface area contributed by atoms with Gasteiger partial charge in [0.1, 0.15) is 0 Å². The highest BCUT2D eigenvalue weighted by atomic mass is 19.1. The van der Waals surface area contributed by atoms with Gasteiger partial charge in [0.25, 0.3) is 5.91 Å². The summed E-state index contributed by atoms with van der Waals surface area (Å²) in [6, 6.07) is 3.05. The van der Waals surface area contributed by atoms with Crippen molar-refractivity contribution < 1.29 is 13.7 Å². The van der Waals surface area contributed by atoms with E-state index in [0.717, 1.165) is 12.1 Å². The number of hydrogen-bond acceptors (Lipinski definition) is 5. The first-order valence-electron chi connectivity index (χ1n) is 6.70. The molecule has 0 saturated heterocycles. The Kier molecular flexibility index (Phi) is 4.86. The summed E-state index contributed by atoms with van der Waals surface area (Å²) < 4.78 is 19.1. The highest BCUT2D eigenvalue weighted by Crippen LogP contribution is 2.15.